The molecule has 2 nitrogen and oxygen atoms in total. The van der Waals surface area contributed by atoms with Gasteiger partial charge >= 0.3 is 0 Å². The third kappa shape index (κ3) is 0.827. The monoisotopic (exact) mass is 152 g/mol. The van der Waals surface area contributed by atoms with E-state index in [1.807, 2.05) is 19.2 Å². The zero-order chi connectivity index (χ0) is 6.97. The lowest BCUT2D eigenvalue weighted by Crippen LogP contribution is -2.07. The number of nitrogens with zero attached hydrogens (tertiary/aromatic N) is 1. The normalized spacial score (nSPS) is 14.5. The summed E-state index contributed by atoms with van der Waals surface area (Å²) in [6, 6.07) is 0. The molecule has 1 aliphatic heterocycles. The van der Waals surface area contributed by atoms with Gasteiger partial charge < -0.3 is 5.32 Å². The van der Waals surface area contributed by atoms with Gasteiger partial charge in [-0.05, 0) is 19.2 Å². The van der Waals surface area contributed by atoms with Gasteiger partial charge in [-0.25, -0.2) is 4.98 Å². The average Bonchev–Trinajstić information content (AvgIpc) is 2.27. The second-order valence-electron chi connectivity index (χ2n) is 2.26. The van der Waals surface area contributed by atoms with Crippen molar-refractivity contribution in [3.8, 4) is 0 Å². The van der Waals surface area contributed by atoms with Gasteiger partial charge in [0, 0.05) is 0 Å². The molecule has 0 fully saturated rings. The van der Waals surface area contributed by atoms with Crippen molar-refractivity contribution in [2.45, 2.75) is 13.5 Å². The SMILES string of the molecule is Cc1nc2c(s1)CNC=C2. The second kappa shape index (κ2) is 2.09. The predicted octanol–water partition coefficient (Wildman–Crippen LogP) is 1.53. The van der Waals surface area contributed by atoms with E-state index in [-0.39, 0.29) is 0 Å². The molecule has 0 amide bonds. The van der Waals surface area contributed by atoms with Crippen LogP contribution in [0.15, 0.2) is 6.20 Å². The van der Waals surface area contributed by atoms with Gasteiger partial charge in [0.1, 0.15) is 0 Å². The van der Waals surface area contributed by atoms with Crippen LogP contribution in [-0.2, 0) is 6.54 Å². The summed E-state index contributed by atoms with van der Waals surface area (Å²) in [6.45, 7) is 2.98. The summed E-state index contributed by atoms with van der Waals surface area (Å²) in [6.07, 6.45) is 3.96. The van der Waals surface area contributed by atoms with Crippen molar-refractivity contribution < 1.29 is 0 Å². The van der Waals surface area contributed by atoms with Gasteiger partial charge in [-0.15, -0.1) is 11.3 Å². The van der Waals surface area contributed by atoms with Crippen LogP contribution in [-0.4, -0.2) is 4.98 Å². The fourth-order valence-electron chi connectivity index (χ4n) is 1.03. The summed E-state index contributed by atoms with van der Waals surface area (Å²) >= 11 is 1.77. The third-order valence-electron chi connectivity index (χ3n) is 1.46. The van der Waals surface area contributed by atoms with Gasteiger partial charge in [-0.3, -0.25) is 0 Å². The van der Waals surface area contributed by atoms with Crippen molar-refractivity contribution >= 4 is 17.4 Å². The highest BCUT2D eigenvalue weighted by molar-refractivity contribution is 7.11. The minimum atomic E-state index is 0.942. The molecule has 2 heterocycles. The van der Waals surface area contributed by atoms with E-state index in [4.69, 9.17) is 0 Å². The maximum Gasteiger partial charge on any atom is 0.0904 e. The number of nitrogens with one attached hydrogen (secondary N) is 1. The molecule has 0 radical (unpaired) electrons. The van der Waals surface area contributed by atoms with Crippen molar-refractivity contribution in [3.63, 3.8) is 0 Å². The molecule has 0 aromatic carbocycles. The first-order valence-electron chi connectivity index (χ1n) is 3.22. The maximum atomic E-state index is 4.34. The van der Waals surface area contributed by atoms with E-state index in [9.17, 15) is 0 Å². The standard InChI is InChI=1S/C7H8N2S/c1-5-9-6-2-3-8-4-7(6)10-5/h2-3,8H,4H2,1H3. The first-order chi connectivity index (χ1) is 4.86. The minimum absolute atomic E-state index is 0.942. The van der Waals surface area contributed by atoms with Gasteiger partial charge in [0.15, 0.2) is 0 Å². The molecule has 52 valence electrons. The van der Waals surface area contributed by atoms with Gasteiger partial charge in [0.05, 0.1) is 22.1 Å². The van der Waals surface area contributed by atoms with E-state index in [1.165, 1.54) is 4.88 Å². The molecule has 0 unspecified atom stereocenters. The van der Waals surface area contributed by atoms with E-state index >= 15 is 0 Å². The Kier molecular flexibility index (Phi) is 1.24. The lowest BCUT2D eigenvalue weighted by Gasteiger charge is -2.03. The van der Waals surface area contributed by atoms with Crippen LogP contribution in [0.25, 0.3) is 6.08 Å². The molecule has 1 N–H and O–H groups in total. The van der Waals surface area contributed by atoms with Gasteiger partial charge in [0.2, 0.25) is 0 Å². The second-order valence-corrected chi connectivity index (χ2v) is 3.54. The van der Waals surface area contributed by atoms with E-state index in [1.54, 1.807) is 11.3 Å². The van der Waals surface area contributed by atoms with Gasteiger partial charge in [-0.2, -0.15) is 0 Å². The predicted molar refractivity (Wildman–Crippen MR) is 42.7 cm³/mol. The molecule has 1 aromatic heterocycles. The van der Waals surface area contributed by atoms with Crippen LogP contribution >= 0.6 is 11.3 Å². The Labute approximate surface area is 63.6 Å². The Morgan fingerprint density at radius 3 is 3.40 bits per heavy atom. The number of hydrogen-bond donors (Lipinski definition) is 1. The van der Waals surface area contributed by atoms with Crippen LogP contribution in [0.1, 0.15) is 15.6 Å². The molecular formula is C7H8N2S. The highest BCUT2D eigenvalue weighted by atomic mass is 32.1. The number of hydrogen-bond acceptors (Lipinski definition) is 3. The molecule has 0 spiro atoms. The molecule has 2 rings (SSSR count). The van der Waals surface area contributed by atoms with Gasteiger partial charge in [0.25, 0.3) is 0 Å². The van der Waals surface area contributed by atoms with E-state index in [2.05, 4.69) is 10.3 Å². The topological polar surface area (TPSA) is 24.9 Å². The fraction of sp³-hybridized carbons (Fsp3) is 0.286. The molecule has 3 heteroatoms. The molecule has 1 aromatic rings. The Balaban J connectivity index is 2.53. The Morgan fingerprint density at radius 1 is 1.70 bits per heavy atom. The molecule has 0 bridgehead atoms. The van der Waals surface area contributed by atoms with Crippen molar-refractivity contribution in [1.29, 1.82) is 0 Å². The van der Waals surface area contributed by atoms with Crippen LogP contribution in [0.2, 0.25) is 0 Å². The van der Waals surface area contributed by atoms with Gasteiger partial charge in [-0.1, -0.05) is 0 Å². The number of aryl methyl sites for hydroxylation is 1. The third-order valence-corrected chi connectivity index (χ3v) is 2.44. The minimum Gasteiger partial charge on any atom is -0.386 e. The first kappa shape index (κ1) is 5.92. The summed E-state index contributed by atoms with van der Waals surface area (Å²) in [5.74, 6) is 0. The van der Waals surface area contributed by atoms with E-state index in [0.29, 0.717) is 0 Å². The lowest BCUT2D eigenvalue weighted by atomic mass is 10.3. The Morgan fingerprint density at radius 2 is 2.60 bits per heavy atom. The molecule has 0 saturated carbocycles. The summed E-state index contributed by atoms with van der Waals surface area (Å²) < 4.78 is 0. The van der Waals surface area contributed by atoms with Crippen molar-refractivity contribution in [1.82, 2.24) is 10.3 Å². The lowest BCUT2D eigenvalue weighted by molar-refractivity contribution is 0.870. The smallest absolute Gasteiger partial charge is 0.0904 e. The van der Waals surface area contributed by atoms with E-state index < -0.39 is 0 Å². The quantitative estimate of drug-likeness (QED) is 0.609. The van der Waals surface area contributed by atoms with Crippen LogP contribution < -0.4 is 5.32 Å². The molecule has 1 aliphatic rings. The van der Waals surface area contributed by atoms with Crippen molar-refractivity contribution in [2.24, 2.45) is 0 Å². The molecular weight excluding hydrogens is 144 g/mol. The van der Waals surface area contributed by atoms with Crippen LogP contribution in [0.3, 0.4) is 0 Å². The Bertz CT molecular complexity index is 275. The van der Waals surface area contributed by atoms with Crippen LogP contribution in [0.5, 0.6) is 0 Å². The van der Waals surface area contributed by atoms with Crippen LogP contribution in [0.4, 0.5) is 0 Å². The highest BCUT2D eigenvalue weighted by Crippen LogP contribution is 2.20. The zero-order valence-corrected chi connectivity index (χ0v) is 6.53. The molecule has 0 saturated heterocycles. The summed E-state index contributed by atoms with van der Waals surface area (Å²) in [4.78, 5) is 5.69. The molecule has 0 atom stereocenters. The Hall–Kier alpha value is -0.830. The summed E-state index contributed by atoms with van der Waals surface area (Å²) in [7, 11) is 0. The number of rotatable bonds is 0. The number of thiazole rings is 1. The number of fused-ring (bicyclic) bond motifs is 1. The number of aromatic nitrogens is 1. The van der Waals surface area contributed by atoms with Crippen molar-refractivity contribution in [2.75, 3.05) is 0 Å². The maximum absolute atomic E-state index is 4.34. The fourth-order valence-corrected chi connectivity index (χ4v) is 1.91. The summed E-state index contributed by atoms with van der Waals surface area (Å²) in [5, 5.41) is 4.30. The largest absolute Gasteiger partial charge is 0.386 e. The van der Waals surface area contributed by atoms with E-state index in [0.717, 1.165) is 17.2 Å². The molecule has 10 heavy (non-hydrogen) atoms. The van der Waals surface area contributed by atoms with Crippen molar-refractivity contribution in [3.05, 3.63) is 21.8 Å². The zero-order valence-electron chi connectivity index (χ0n) is 5.72. The molecule has 0 aliphatic carbocycles. The first-order valence-corrected chi connectivity index (χ1v) is 4.04. The average molecular weight is 152 g/mol. The highest BCUT2D eigenvalue weighted by Gasteiger charge is 2.07. The van der Waals surface area contributed by atoms with Crippen LogP contribution in [0, 0.1) is 6.92 Å². The summed E-state index contributed by atoms with van der Waals surface area (Å²) in [5.41, 5.74) is 1.14.